The molecular weight excluding hydrogens is 282 g/mol. The average Bonchev–Trinajstić information content (AvgIpc) is 3.23. The highest BCUT2D eigenvalue weighted by atomic mass is 32.1. The first-order valence-corrected chi connectivity index (χ1v) is 8.17. The summed E-state index contributed by atoms with van der Waals surface area (Å²) in [5.74, 6) is 1.21. The van der Waals surface area contributed by atoms with E-state index in [1.54, 1.807) is 11.7 Å². The number of nitrogens with one attached hydrogen (secondary N) is 1. The Balaban J connectivity index is 1.70. The molecule has 0 unspecified atom stereocenters. The normalized spacial score (nSPS) is 27.8. The lowest BCUT2D eigenvalue weighted by atomic mass is 9.89. The minimum Gasteiger partial charge on any atom is -0.330 e. The number of hydrogen-bond donors (Lipinski definition) is 1. The van der Waals surface area contributed by atoms with E-state index < -0.39 is 0 Å². The van der Waals surface area contributed by atoms with Gasteiger partial charge in [0.15, 0.2) is 0 Å². The summed E-state index contributed by atoms with van der Waals surface area (Å²) >= 11 is 1.43. The number of rotatable bonds is 2. The van der Waals surface area contributed by atoms with E-state index >= 15 is 0 Å². The van der Waals surface area contributed by atoms with Gasteiger partial charge in [0.1, 0.15) is 4.88 Å². The third-order valence-corrected chi connectivity index (χ3v) is 5.37. The summed E-state index contributed by atoms with van der Waals surface area (Å²) in [6, 6.07) is 10.6. The van der Waals surface area contributed by atoms with Crippen LogP contribution in [0, 0.1) is 11.8 Å². The zero-order chi connectivity index (χ0) is 14.2. The monoisotopic (exact) mass is 299 g/mol. The smallest absolute Gasteiger partial charge is 0.266 e. The molecule has 3 atom stereocenters. The Kier molecular flexibility index (Phi) is 3.24. The van der Waals surface area contributed by atoms with E-state index in [1.165, 1.54) is 16.9 Å². The molecule has 0 radical (unpaired) electrons. The summed E-state index contributed by atoms with van der Waals surface area (Å²) in [6.07, 6.45) is 1.68. The number of aromatic nitrogens is 1. The zero-order valence-electron chi connectivity index (χ0n) is 11.6. The predicted molar refractivity (Wildman–Crippen MR) is 82.2 cm³/mol. The first kappa shape index (κ1) is 13.0. The van der Waals surface area contributed by atoms with Gasteiger partial charge < -0.3 is 10.2 Å². The minimum absolute atomic E-state index is 0.126. The van der Waals surface area contributed by atoms with Crippen molar-refractivity contribution in [3.05, 3.63) is 52.5 Å². The number of nitrogens with zero attached hydrogens (tertiary/aromatic N) is 2. The molecule has 2 fully saturated rings. The van der Waals surface area contributed by atoms with Crippen molar-refractivity contribution in [1.82, 2.24) is 15.2 Å². The van der Waals surface area contributed by atoms with E-state index in [9.17, 15) is 4.79 Å². The maximum Gasteiger partial charge on any atom is 0.266 e. The number of benzene rings is 1. The number of carbonyl (C=O) groups excluding carboxylic acids is 1. The largest absolute Gasteiger partial charge is 0.330 e. The Morgan fingerprint density at radius 2 is 2.14 bits per heavy atom. The summed E-state index contributed by atoms with van der Waals surface area (Å²) < 4.78 is 0. The zero-order valence-corrected chi connectivity index (χ0v) is 12.4. The molecule has 1 aromatic heterocycles. The molecular formula is C16H17N3OS. The molecule has 5 heteroatoms. The molecule has 2 aliphatic rings. The van der Waals surface area contributed by atoms with Crippen LogP contribution in [0.25, 0.3) is 0 Å². The quantitative estimate of drug-likeness (QED) is 0.924. The van der Waals surface area contributed by atoms with Gasteiger partial charge in [-0.25, -0.2) is 0 Å². The predicted octanol–water partition coefficient (Wildman–Crippen LogP) is 2.18. The van der Waals surface area contributed by atoms with Crippen molar-refractivity contribution in [3.63, 3.8) is 0 Å². The number of hydrogen-bond acceptors (Lipinski definition) is 4. The van der Waals surface area contributed by atoms with Crippen molar-refractivity contribution in [2.75, 3.05) is 19.6 Å². The lowest BCUT2D eigenvalue weighted by Crippen LogP contribution is -2.34. The molecule has 108 valence electrons. The van der Waals surface area contributed by atoms with Gasteiger partial charge in [-0.05, 0) is 11.5 Å². The van der Waals surface area contributed by atoms with Crippen LogP contribution in [-0.4, -0.2) is 35.4 Å². The van der Waals surface area contributed by atoms with Gasteiger partial charge in [0.05, 0.1) is 17.7 Å². The van der Waals surface area contributed by atoms with Crippen molar-refractivity contribution in [2.24, 2.45) is 11.8 Å². The van der Waals surface area contributed by atoms with Gasteiger partial charge in [0, 0.05) is 25.6 Å². The van der Waals surface area contributed by atoms with Crippen LogP contribution in [0.2, 0.25) is 0 Å². The fraction of sp³-hybridized carbons (Fsp3) is 0.375. The molecule has 1 amide bonds. The van der Waals surface area contributed by atoms with Crippen LogP contribution in [-0.2, 0) is 0 Å². The maximum absolute atomic E-state index is 12.8. The van der Waals surface area contributed by atoms with Gasteiger partial charge in [0.25, 0.3) is 5.91 Å². The number of carbonyl (C=O) groups is 1. The molecule has 1 N–H and O–H groups in total. The van der Waals surface area contributed by atoms with Crippen LogP contribution in [0.1, 0.15) is 21.3 Å². The third kappa shape index (κ3) is 2.17. The van der Waals surface area contributed by atoms with Gasteiger partial charge in [-0.3, -0.25) is 9.78 Å². The molecule has 0 aliphatic carbocycles. The van der Waals surface area contributed by atoms with Crippen LogP contribution >= 0.6 is 11.3 Å². The Morgan fingerprint density at radius 3 is 2.90 bits per heavy atom. The molecule has 0 saturated carbocycles. The Bertz CT molecular complexity index is 628. The molecule has 2 aromatic rings. The first-order valence-electron chi connectivity index (χ1n) is 7.29. The van der Waals surface area contributed by atoms with Crippen molar-refractivity contribution in [3.8, 4) is 0 Å². The lowest BCUT2D eigenvalue weighted by molar-refractivity contribution is 0.0719. The maximum atomic E-state index is 12.8. The van der Waals surface area contributed by atoms with Crippen LogP contribution in [0.3, 0.4) is 0 Å². The summed E-state index contributed by atoms with van der Waals surface area (Å²) in [5, 5.41) is 3.47. The second kappa shape index (κ2) is 5.24. The van der Waals surface area contributed by atoms with Crippen LogP contribution in [0.5, 0.6) is 0 Å². The fourth-order valence-corrected chi connectivity index (χ4v) is 4.24. The van der Waals surface area contributed by atoms with Crippen molar-refractivity contribution >= 4 is 17.2 Å². The SMILES string of the molecule is O=C(c1cncs1)N1C[C@@H]2CNC[C@@H]2[C@@H]1c1ccccc1. The topological polar surface area (TPSA) is 45.2 Å². The molecule has 1 aromatic carbocycles. The molecule has 2 aliphatic heterocycles. The molecule has 2 saturated heterocycles. The summed E-state index contributed by atoms with van der Waals surface area (Å²) in [7, 11) is 0. The van der Waals surface area contributed by atoms with Gasteiger partial charge in [-0.15, -0.1) is 11.3 Å². The van der Waals surface area contributed by atoms with E-state index in [-0.39, 0.29) is 11.9 Å². The fourth-order valence-electron chi connectivity index (χ4n) is 3.67. The number of amides is 1. The molecule has 0 spiro atoms. The molecule has 4 rings (SSSR count). The highest BCUT2D eigenvalue weighted by molar-refractivity contribution is 7.11. The number of thiazole rings is 1. The van der Waals surface area contributed by atoms with E-state index in [4.69, 9.17) is 0 Å². The van der Waals surface area contributed by atoms with Crippen molar-refractivity contribution < 1.29 is 4.79 Å². The molecule has 4 nitrogen and oxygen atoms in total. The minimum atomic E-state index is 0.126. The molecule has 3 heterocycles. The van der Waals surface area contributed by atoms with Gasteiger partial charge >= 0.3 is 0 Å². The van der Waals surface area contributed by atoms with E-state index in [2.05, 4.69) is 39.5 Å². The highest BCUT2D eigenvalue weighted by Crippen LogP contribution is 2.43. The second-order valence-corrected chi connectivity index (χ2v) is 6.65. The van der Waals surface area contributed by atoms with Gasteiger partial charge in [-0.1, -0.05) is 30.3 Å². The summed E-state index contributed by atoms with van der Waals surface area (Å²) in [6.45, 7) is 2.85. The van der Waals surface area contributed by atoms with Gasteiger partial charge in [-0.2, -0.15) is 0 Å². The summed E-state index contributed by atoms with van der Waals surface area (Å²) in [5.41, 5.74) is 2.97. The van der Waals surface area contributed by atoms with E-state index in [0.717, 1.165) is 24.5 Å². The number of likely N-dealkylation sites (tertiary alicyclic amines) is 1. The van der Waals surface area contributed by atoms with Crippen LogP contribution in [0.15, 0.2) is 42.0 Å². The van der Waals surface area contributed by atoms with E-state index in [0.29, 0.717) is 11.8 Å². The Morgan fingerprint density at radius 1 is 1.29 bits per heavy atom. The average molecular weight is 299 g/mol. The molecule has 0 bridgehead atoms. The van der Waals surface area contributed by atoms with Crippen LogP contribution < -0.4 is 5.32 Å². The van der Waals surface area contributed by atoms with Crippen molar-refractivity contribution in [2.45, 2.75) is 6.04 Å². The van der Waals surface area contributed by atoms with Crippen molar-refractivity contribution in [1.29, 1.82) is 0 Å². The first-order chi connectivity index (χ1) is 10.3. The van der Waals surface area contributed by atoms with Crippen LogP contribution in [0.4, 0.5) is 0 Å². The van der Waals surface area contributed by atoms with E-state index in [1.807, 2.05) is 6.07 Å². The highest BCUT2D eigenvalue weighted by Gasteiger charge is 2.46. The standard InChI is InChI=1S/C16H17N3OS/c20-16(14-8-18-10-21-14)19-9-12-6-17-7-13(12)15(19)11-4-2-1-3-5-11/h1-5,8,10,12-13,15,17H,6-7,9H2/t12-,13-,15-/m0/s1. The number of fused-ring (bicyclic) bond motifs is 1. The lowest BCUT2D eigenvalue weighted by Gasteiger charge is -2.28. The Labute approximate surface area is 127 Å². The second-order valence-electron chi connectivity index (χ2n) is 5.76. The molecule has 21 heavy (non-hydrogen) atoms. The van der Waals surface area contributed by atoms with Gasteiger partial charge in [0.2, 0.25) is 0 Å². The Hall–Kier alpha value is -1.72. The summed E-state index contributed by atoms with van der Waals surface area (Å²) in [4.78, 5) is 19.6. The third-order valence-electron chi connectivity index (χ3n) is 4.61.